The number of rotatable bonds is 11. The number of carboxylic acids is 1. The molecule has 1 N–H and O–H groups in total. The fourth-order valence-electron chi connectivity index (χ4n) is 3.79. The summed E-state index contributed by atoms with van der Waals surface area (Å²) in [6.45, 7) is 9.97. The van der Waals surface area contributed by atoms with Crippen LogP contribution < -0.4 is 4.74 Å². The number of hydrogen-bond donors (Lipinski definition) is 1. The summed E-state index contributed by atoms with van der Waals surface area (Å²) in [5.41, 5.74) is 3.59. The van der Waals surface area contributed by atoms with E-state index in [1.54, 1.807) is 24.3 Å². The molecule has 0 spiro atoms. The Morgan fingerprint density at radius 2 is 1.68 bits per heavy atom. The second-order valence-corrected chi connectivity index (χ2v) is 9.51. The molecule has 0 aliphatic heterocycles. The van der Waals surface area contributed by atoms with Gasteiger partial charge in [-0.2, -0.15) is 10.2 Å². The van der Waals surface area contributed by atoms with Crippen molar-refractivity contribution < 1.29 is 19.4 Å². The molecule has 0 aliphatic carbocycles. The average Bonchev–Trinajstić information content (AvgIpc) is 2.89. The summed E-state index contributed by atoms with van der Waals surface area (Å²) >= 11 is 0. The van der Waals surface area contributed by atoms with Gasteiger partial charge in [-0.15, -0.1) is 0 Å². The largest absolute Gasteiger partial charge is 0.478 e. The van der Waals surface area contributed by atoms with Gasteiger partial charge in [-0.1, -0.05) is 52.0 Å². The van der Waals surface area contributed by atoms with Gasteiger partial charge in [-0.25, -0.2) is 4.79 Å². The fraction of sp³-hybridized carbons (Fsp3) is 0.290. The molecule has 3 aromatic rings. The Balaban J connectivity index is 1.80. The van der Waals surface area contributed by atoms with Crippen molar-refractivity contribution in [2.45, 2.75) is 47.0 Å². The summed E-state index contributed by atoms with van der Waals surface area (Å²) < 4.78 is 6.15. The van der Waals surface area contributed by atoms with E-state index in [-0.39, 0.29) is 23.2 Å². The van der Waals surface area contributed by atoms with E-state index in [0.29, 0.717) is 23.8 Å². The van der Waals surface area contributed by atoms with E-state index in [4.69, 9.17) is 4.74 Å². The summed E-state index contributed by atoms with van der Waals surface area (Å²) in [6.07, 6.45) is 7.60. The predicted molar refractivity (Wildman–Crippen MR) is 146 cm³/mol. The molecule has 0 amide bonds. The average molecular weight is 499 g/mol. The van der Waals surface area contributed by atoms with Gasteiger partial charge in [-0.05, 0) is 85.4 Å². The monoisotopic (exact) mass is 498 g/mol. The van der Waals surface area contributed by atoms with Crippen LogP contribution in [0.4, 0.5) is 0 Å². The van der Waals surface area contributed by atoms with Crippen LogP contribution in [0.3, 0.4) is 0 Å². The molecule has 0 radical (unpaired) electrons. The molecule has 2 unspecified atom stereocenters. The molecule has 0 aliphatic rings. The third-order valence-electron chi connectivity index (χ3n) is 6.38. The van der Waals surface area contributed by atoms with Crippen LogP contribution in [0.2, 0.25) is 0 Å². The van der Waals surface area contributed by atoms with E-state index in [1.807, 2.05) is 69.3 Å². The quantitative estimate of drug-likeness (QED) is 0.221. The number of carboxylic acid groups (broad SMARTS) is 1. The Hall–Kier alpha value is -4.06. The Kier molecular flexibility index (Phi) is 9.50. The van der Waals surface area contributed by atoms with Crippen molar-refractivity contribution in [1.82, 2.24) is 10.2 Å². The maximum absolute atomic E-state index is 12.5. The third-order valence-corrected chi connectivity index (χ3v) is 6.38. The molecule has 6 heteroatoms. The number of allylic oxidation sites excluding steroid dienone is 4. The first-order valence-corrected chi connectivity index (χ1v) is 12.5. The predicted octanol–water partition coefficient (Wildman–Crippen LogP) is 7.27. The molecule has 0 bridgehead atoms. The first-order chi connectivity index (χ1) is 17.7. The molecule has 1 heterocycles. The van der Waals surface area contributed by atoms with Crippen LogP contribution in [0.15, 0.2) is 78.9 Å². The van der Waals surface area contributed by atoms with Gasteiger partial charge in [0.15, 0.2) is 5.78 Å². The normalized spacial score (nSPS) is 13.2. The minimum atomic E-state index is -1.03. The maximum Gasteiger partial charge on any atom is 0.335 e. The van der Waals surface area contributed by atoms with Crippen LogP contribution >= 0.6 is 0 Å². The lowest BCUT2D eigenvalue weighted by atomic mass is 9.86. The van der Waals surface area contributed by atoms with Gasteiger partial charge in [-0.3, -0.25) is 4.79 Å². The fourth-order valence-corrected chi connectivity index (χ4v) is 3.79. The first kappa shape index (κ1) is 27.5. The number of ether oxygens (including phenoxy) is 1. The highest BCUT2D eigenvalue weighted by atomic mass is 16.5. The first-order valence-electron chi connectivity index (χ1n) is 12.5. The van der Waals surface area contributed by atoms with Crippen LogP contribution in [0.5, 0.6) is 11.5 Å². The van der Waals surface area contributed by atoms with E-state index in [0.717, 1.165) is 22.5 Å². The van der Waals surface area contributed by atoms with Crippen LogP contribution in [0.1, 0.15) is 62.2 Å². The Labute approximate surface area is 218 Å². The second kappa shape index (κ2) is 12.8. The van der Waals surface area contributed by atoms with Crippen molar-refractivity contribution in [3.05, 3.63) is 95.7 Å². The van der Waals surface area contributed by atoms with Gasteiger partial charge < -0.3 is 9.84 Å². The number of nitrogens with zero attached hydrogens (tertiary/aromatic N) is 2. The van der Waals surface area contributed by atoms with E-state index in [1.165, 1.54) is 6.07 Å². The molecule has 0 saturated heterocycles. The number of ketones is 1. The SMILES string of the molecule is CC=CC=CC(=O)C(C)C(C)Cc1ccc(C(=O)O)cc1Oc1ccc(-c2ccc(C(C)C)nn2)cc1. The highest BCUT2D eigenvalue weighted by molar-refractivity contribution is 5.92. The summed E-state index contributed by atoms with van der Waals surface area (Å²) in [7, 11) is 0. The zero-order valence-corrected chi connectivity index (χ0v) is 22.0. The maximum atomic E-state index is 12.5. The smallest absolute Gasteiger partial charge is 0.335 e. The van der Waals surface area contributed by atoms with Crippen molar-refractivity contribution in [3.8, 4) is 22.8 Å². The molecule has 2 atom stereocenters. The second-order valence-electron chi connectivity index (χ2n) is 9.51. The molecular formula is C31H34N2O4. The lowest BCUT2D eigenvalue weighted by Gasteiger charge is -2.20. The number of carbonyl (C=O) groups is 2. The number of benzene rings is 2. The van der Waals surface area contributed by atoms with Crippen molar-refractivity contribution >= 4 is 11.8 Å². The van der Waals surface area contributed by atoms with Gasteiger partial charge in [0, 0.05) is 11.5 Å². The summed E-state index contributed by atoms with van der Waals surface area (Å²) in [5.74, 6) is 0.199. The molecular weight excluding hydrogens is 464 g/mol. The molecule has 6 nitrogen and oxygen atoms in total. The number of carbonyl (C=O) groups excluding carboxylic acids is 1. The lowest BCUT2D eigenvalue weighted by Crippen LogP contribution is -2.19. The minimum absolute atomic E-state index is 0.0237. The molecule has 37 heavy (non-hydrogen) atoms. The van der Waals surface area contributed by atoms with Crippen molar-refractivity contribution in [2.75, 3.05) is 0 Å². The Morgan fingerprint density at radius 1 is 0.946 bits per heavy atom. The van der Waals surface area contributed by atoms with E-state index >= 15 is 0 Å². The molecule has 3 rings (SSSR count). The van der Waals surface area contributed by atoms with Crippen molar-refractivity contribution in [1.29, 1.82) is 0 Å². The van der Waals surface area contributed by atoms with Crippen molar-refractivity contribution in [3.63, 3.8) is 0 Å². The van der Waals surface area contributed by atoms with Gasteiger partial charge in [0.2, 0.25) is 0 Å². The van der Waals surface area contributed by atoms with Crippen LogP contribution in [-0.2, 0) is 11.2 Å². The Morgan fingerprint density at radius 3 is 2.27 bits per heavy atom. The zero-order valence-electron chi connectivity index (χ0n) is 22.0. The Bertz CT molecular complexity index is 1280. The minimum Gasteiger partial charge on any atom is -0.478 e. The van der Waals surface area contributed by atoms with E-state index < -0.39 is 5.97 Å². The summed E-state index contributed by atoms with van der Waals surface area (Å²) in [4.78, 5) is 24.1. The molecule has 192 valence electrons. The number of hydrogen-bond acceptors (Lipinski definition) is 5. The molecule has 0 saturated carbocycles. The van der Waals surface area contributed by atoms with Crippen LogP contribution in [-0.4, -0.2) is 27.1 Å². The van der Waals surface area contributed by atoms with E-state index in [9.17, 15) is 14.7 Å². The standard InChI is InChI=1S/C31H34N2O4/c1-6-7-8-9-29(34)22(5)21(4)18-24-10-11-25(31(35)36)19-30(24)37-26-14-12-23(13-15-26)28-17-16-27(20(2)3)32-33-28/h6-17,19-22H,18H2,1-5H3,(H,35,36). The van der Waals surface area contributed by atoms with Gasteiger partial charge in [0.25, 0.3) is 0 Å². The van der Waals surface area contributed by atoms with E-state index in [2.05, 4.69) is 24.0 Å². The molecule has 0 fully saturated rings. The van der Waals surface area contributed by atoms with Gasteiger partial charge in [0.05, 0.1) is 17.0 Å². The third kappa shape index (κ3) is 7.46. The lowest BCUT2D eigenvalue weighted by molar-refractivity contribution is -0.119. The highest BCUT2D eigenvalue weighted by Gasteiger charge is 2.21. The summed E-state index contributed by atoms with van der Waals surface area (Å²) in [6, 6.07) is 16.2. The van der Waals surface area contributed by atoms with Crippen molar-refractivity contribution in [2.24, 2.45) is 11.8 Å². The number of aromatic nitrogens is 2. The van der Waals surface area contributed by atoms with Crippen LogP contribution in [0, 0.1) is 11.8 Å². The van der Waals surface area contributed by atoms with Crippen LogP contribution in [0.25, 0.3) is 11.3 Å². The molecule has 2 aromatic carbocycles. The zero-order chi connectivity index (χ0) is 26.9. The van der Waals surface area contributed by atoms with Gasteiger partial charge >= 0.3 is 5.97 Å². The highest BCUT2D eigenvalue weighted by Crippen LogP contribution is 2.31. The van der Waals surface area contributed by atoms with Gasteiger partial charge in [0.1, 0.15) is 11.5 Å². The molecule has 1 aromatic heterocycles. The summed E-state index contributed by atoms with van der Waals surface area (Å²) in [5, 5.41) is 18.1. The number of aromatic carboxylic acids is 1. The topological polar surface area (TPSA) is 89.4 Å².